The first kappa shape index (κ1) is 17.9. The van der Waals surface area contributed by atoms with Crippen molar-refractivity contribution in [2.75, 3.05) is 32.8 Å². The Labute approximate surface area is 127 Å². The van der Waals surface area contributed by atoms with Gasteiger partial charge in [0.1, 0.15) is 6.04 Å². The highest BCUT2D eigenvalue weighted by Crippen LogP contribution is 2.06. The van der Waals surface area contributed by atoms with Crippen LogP contribution < -0.4 is 11.1 Å². The fourth-order valence-corrected chi connectivity index (χ4v) is 2.39. The molecule has 6 nitrogen and oxygen atoms in total. The molecule has 0 aromatic heterocycles. The number of carbonyl (C=O) groups excluding carboxylic acids is 2. The Bertz CT molecular complexity index is 317. The molecule has 6 heteroatoms. The maximum Gasteiger partial charge on any atom is 0.245 e. The van der Waals surface area contributed by atoms with E-state index in [9.17, 15) is 9.59 Å². The Hall–Kier alpha value is -1.14. The number of unbranched alkanes of at least 4 members (excludes halogenated alkanes) is 3. The summed E-state index contributed by atoms with van der Waals surface area (Å²) < 4.78 is 5.24. The summed E-state index contributed by atoms with van der Waals surface area (Å²) in [5.74, 6) is -0.0199. The minimum atomic E-state index is -0.403. The second-order valence-electron chi connectivity index (χ2n) is 5.42. The van der Waals surface area contributed by atoms with Gasteiger partial charge in [-0.25, -0.2) is 0 Å². The molecule has 0 spiro atoms. The fourth-order valence-electron chi connectivity index (χ4n) is 2.39. The van der Waals surface area contributed by atoms with Crippen molar-refractivity contribution in [1.29, 1.82) is 0 Å². The lowest BCUT2D eigenvalue weighted by molar-refractivity contribution is -0.140. The molecule has 1 aliphatic heterocycles. The number of hydrogen-bond acceptors (Lipinski definition) is 4. The van der Waals surface area contributed by atoms with Crippen LogP contribution in [0.3, 0.4) is 0 Å². The fraction of sp³-hybridized carbons (Fsp3) is 0.867. The molecule has 1 fully saturated rings. The third-order valence-corrected chi connectivity index (χ3v) is 3.72. The van der Waals surface area contributed by atoms with E-state index in [0.29, 0.717) is 45.7 Å². The van der Waals surface area contributed by atoms with E-state index in [1.165, 1.54) is 0 Å². The quantitative estimate of drug-likeness (QED) is 0.612. The second kappa shape index (κ2) is 10.6. The van der Waals surface area contributed by atoms with Crippen molar-refractivity contribution in [3.8, 4) is 0 Å². The van der Waals surface area contributed by atoms with Crippen LogP contribution in [-0.2, 0) is 14.3 Å². The molecule has 0 aromatic rings. The van der Waals surface area contributed by atoms with E-state index >= 15 is 0 Å². The Morgan fingerprint density at radius 1 is 1.19 bits per heavy atom. The molecule has 21 heavy (non-hydrogen) atoms. The van der Waals surface area contributed by atoms with Gasteiger partial charge in [0.2, 0.25) is 11.8 Å². The third-order valence-electron chi connectivity index (χ3n) is 3.72. The SMILES string of the molecule is CCC(NC(=O)CCCCCCN)C(=O)N1CCOCC1. The van der Waals surface area contributed by atoms with E-state index in [1.807, 2.05) is 6.92 Å². The van der Waals surface area contributed by atoms with Crippen LogP contribution >= 0.6 is 0 Å². The molecule has 3 N–H and O–H groups in total. The van der Waals surface area contributed by atoms with Gasteiger partial charge in [0.05, 0.1) is 13.2 Å². The van der Waals surface area contributed by atoms with Gasteiger partial charge in [-0.05, 0) is 25.8 Å². The summed E-state index contributed by atoms with van der Waals surface area (Å²) in [6.07, 6.45) is 5.04. The molecule has 1 atom stereocenters. The third kappa shape index (κ3) is 6.91. The summed E-state index contributed by atoms with van der Waals surface area (Å²) in [6, 6.07) is -0.403. The Kier molecular flexibility index (Phi) is 9.01. The summed E-state index contributed by atoms with van der Waals surface area (Å²) in [7, 11) is 0. The van der Waals surface area contributed by atoms with Crippen molar-refractivity contribution in [1.82, 2.24) is 10.2 Å². The van der Waals surface area contributed by atoms with E-state index in [4.69, 9.17) is 10.5 Å². The standard InChI is InChI=1S/C15H29N3O3/c1-2-13(15(20)18-9-11-21-12-10-18)17-14(19)7-5-3-4-6-8-16/h13H,2-12,16H2,1H3,(H,17,19). The maximum atomic E-state index is 12.3. The highest BCUT2D eigenvalue weighted by atomic mass is 16.5. The van der Waals surface area contributed by atoms with Crippen molar-refractivity contribution in [3.05, 3.63) is 0 Å². The number of ether oxygens (including phenoxy) is 1. The van der Waals surface area contributed by atoms with E-state index in [2.05, 4.69) is 5.32 Å². The molecule has 0 aliphatic carbocycles. The highest BCUT2D eigenvalue weighted by Gasteiger charge is 2.25. The zero-order valence-electron chi connectivity index (χ0n) is 13.1. The summed E-state index contributed by atoms with van der Waals surface area (Å²) in [5, 5.41) is 2.86. The average Bonchev–Trinajstić information content (AvgIpc) is 2.52. The molecule has 1 heterocycles. The first-order chi connectivity index (χ1) is 10.2. The van der Waals surface area contributed by atoms with Crippen LogP contribution in [0.15, 0.2) is 0 Å². The summed E-state index contributed by atoms with van der Waals surface area (Å²) in [6.45, 7) is 5.02. The zero-order chi connectivity index (χ0) is 15.5. The molecule has 1 rings (SSSR count). The number of hydrogen-bond donors (Lipinski definition) is 2. The molecule has 0 aromatic carbocycles. The lowest BCUT2D eigenvalue weighted by Gasteiger charge is -2.30. The van der Waals surface area contributed by atoms with Crippen molar-refractivity contribution < 1.29 is 14.3 Å². The molecule has 2 amide bonds. The molecular weight excluding hydrogens is 270 g/mol. The van der Waals surface area contributed by atoms with E-state index < -0.39 is 6.04 Å². The number of carbonyl (C=O) groups is 2. The van der Waals surface area contributed by atoms with Crippen LogP contribution in [0.4, 0.5) is 0 Å². The van der Waals surface area contributed by atoms with Crippen LogP contribution in [0, 0.1) is 0 Å². The zero-order valence-corrected chi connectivity index (χ0v) is 13.1. The van der Waals surface area contributed by atoms with Gasteiger partial charge in [-0.3, -0.25) is 9.59 Å². The topological polar surface area (TPSA) is 84.7 Å². The van der Waals surface area contributed by atoms with Gasteiger partial charge in [-0.1, -0.05) is 19.8 Å². The van der Waals surface area contributed by atoms with Gasteiger partial charge in [-0.15, -0.1) is 0 Å². The number of rotatable bonds is 9. The van der Waals surface area contributed by atoms with E-state index in [-0.39, 0.29) is 11.8 Å². The minimum Gasteiger partial charge on any atom is -0.378 e. The van der Waals surface area contributed by atoms with Crippen molar-refractivity contribution in [2.24, 2.45) is 5.73 Å². The maximum absolute atomic E-state index is 12.3. The number of nitrogens with zero attached hydrogens (tertiary/aromatic N) is 1. The van der Waals surface area contributed by atoms with Gasteiger partial charge < -0.3 is 20.7 Å². The minimum absolute atomic E-state index is 0.0114. The Morgan fingerprint density at radius 2 is 1.86 bits per heavy atom. The van der Waals surface area contributed by atoms with Crippen LogP contribution in [0.5, 0.6) is 0 Å². The molecule has 0 radical (unpaired) electrons. The number of morpholine rings is 1. The lowest BCUT2D eigenvalue weighted by atomic mass is 10.1. The van der Waals surface area contributed by atoms with Crippen LogP contribution in [0.2, 0.25) is 0 Å². The van der Waals surface area contributed by atoms with Crippen LogP contribution in [-0.4, -0.2) is 55.6 Å². The number of nitrogens with two attached hydrogens (primary N) is 1. The largest absolute Gasteiger partial charge is 0.378 e. The summed E-state index contributed by atoms with van der Waals surface area (Å²) in [5.41, 5.74) is 5.43. The molecule has 0 bridgehead atoms. The second-order valence-corrected chi connectivity index (χ2v) is 5.42. The first-order valence-corrected chi connectivity index (χ1v) is 8.05. The summed E-state index contributed by atoms with van der Waals surface area (Å²) in [4.78, 5) is 26.0. The number of nitrogens with one attached hydrogen (secondary N) is 1. The Balaban J connectivity index is 2.28. The predicted octanol–water partition coefficient (Wildman–Crippen LogP) is 0.649. The summed E-state index contributed by atoms with van der Waals surface area (Å²) >= 11 is 0. The van der Waals surface area contributed by atoms with Gasteiger partial charge in [0.25, 0.3) is 0 Å². The van der Waals surface area contributed by atoms with Gasteiger partial charge in [0.15, 0.2) is 0 Å². The van der Waals surface area contributed by atoms with E-state index in [0.717, 1.165) is 25.7 Å². The monoisotopic (exact) mass is 299 g/mol. The smallest absolute Gasteiger partial charge is 0.245 e. The number of amides is 2. The van der Waals surface area contributed by atoms with Crippen molar-refractivity contribution in [2.45, 2.75) is 51.5 Å². The first-order valence-electron chi connectivity index (χ1n) is 8.05. The van der Waals surface area contributed by atoms with Crippen LogP contribution in [0.1, 0.15) is 45.4 Å². The van der Waals surface area contributed by atoms with E-state index in [1.54, 1.807) is 4.90 Å². The molecule has 0 saturated carbocycles. The van der Waals surface area contributed by atoms with Gasteiger partial charge in [-0.2, -0.15) is 0 Å². The van der Waals surface area contributed by atoms with Gasteiger partial charge in [0, 0.05) is 19.5 Å². The molecule has 1 aliphatic rings. The molecule has 1 unspecified atom stereocenters. The van der Waals surface area contributed by atoms with Crippen LogP contribution in [0.25, 0.3) is 0 Å². The predicted molar refractivity (Wildman–Crippen MR) is 81.8 cm³/mol. The highest BCUT2D eigenvalue weighted by molar-refractivity contribution is 5.87. The van der Waals surface area contributed by atoms with Gasteiger partial charge >= 0.3 is 0 Å². The van der Waals surface area contributed by atoms with Crippen molar-refractivity contribution in [3.63, 3.8) is 0 Å². The molecular formula is C15H29N3O3. The molecule has 1 saturated heterocycles. The average molecular weight is 299 g/mol. The lowest BCUT2D eigenvalue weighted by Crippen LogP contribution is -2.51. The van der Waals surface area contributed by atoms with Crippen molar-refractivity contribution >= 4 is 11.8 Å². The normalized spacial score (nSPS) is 16.6. The Morgan fingerprint density at radius 3 is 2.48 bits per heavy atom. The molecule has 122 valence electrons.